The van der Waals surface area contributed by atoms with Gasteiger partial charge in [-0.2, -0.15) is 0 Å². The normalized spacial score (nSPS) is 59.8. The van der Waals surface area contributed by atoms with E-state index in [1.165, 1.54) is 6.42 Å². The van der Waals surface area contributed by atoms with E-state index in [2.05, 4.69) is 20.8 Å². The summed E-state index contributed by atoms with van der Waals surface area (Å²) in [6, 6.07) is 0. The van der Waals surface area contributed by atoms with E-state index in [0.717, 1.165) is 6.42 Å². The summed E-state index contributed by atoms with van der Waals surface area (Å²) in [4.78, 5) is 0. The first-order chi connectivity index (χ1) is 5.51. The van der Waals surface area contributed by atoms with Crippen LogP contribution in [0.4, 0.5) is 0 Å². The third-order valence-electron chi connectivity index (χ3n) is 3.93. The van der Waals surface area contributed by atoms with Gasteiger partial charge in [-0.15, -0.1) is 0 Å². The van der Waals surface area contributed by atoms with Crippen molar-refractivity contribution in [2.75, 3.05) is 0 Å². The number of hydrogen-bond acceptors (Lipinski definition) is 2. The fourth-order valence-corrected chi connectivity index (χ4v) is 3.72. The van der Waals surface area contributed by atoms with Gasteiger partial charge >= 0.3 is 0 Å². The Balaban J connectivity index is 2.01. The standard InChI is InChI=1S/C10H16O2/c1-9(2)8-6-4-10(8,3)5-7(11-6)12-9/h6-8H,4-5H2,1-3H3/t6-,7-,8?,10-/m1/s1. The highest BCUT2D eigenvalue weighted by atomic mass is 16.7. The summed E-state index contributed by atoms with van der Waals surface area (Å²) in [6.45, 7) is 6.79. The molecular weight excluding hydrogens is 152 g/mol. The lowest BCUT2D eigenvalue weighted by Crippen LogP contribution is -2.71. The Morgan fingerprint density at radius 2 is 1.92 bits per heavy atom. The monoisotopic (exact) mass is 168 g/mol. The first kappa shape index (κ1) is 7.34. The Morgan fingerprint density at radius 3 is 2.33 bits per heavy atom. The highest BCUT2D eigenvalue weighted by molar-refractivity contribution is 5.12. The van der Waals surface area contributed by atoms with E-state index in [1.807, 2.05) is 0 Å². The van der Waals surface area contributed by atoms with Crippen molar-refractivity contribution in [2.45, 2.75) is 51.6 Å². The molecule has 4 atom stereocenters. The predicted molar refractivity (Wildman–Crippen MR) is 44.7 cm³/mol. The van der Waals surface area contributed by atoms with Gasteiger partial charge in [0.05, 0.1) is 11.7 Å². The second kappa shape index (κ2) is 1.73. The molecule has 4 heterocycles. The molecule has 1 unspecified atom stereocenters. The van der Waals surface area contributed by atoms with Crippen LogP contribution >= 0.6 is 0 Å². The second-order valence-corrected chi connectivity index (χ2v) is 5.37. The van der Waals surface area contributed by atoms with Gasteiger partial charge in [-0.25, -0.2) is 0 Å². The Morgan fingerprint density at radius 1 is 1.17 bits per heavy atom. The fourth-order valence-electron chi connectivity index (χ4n) is 3.72. The Kier molecular flexibility index (Phi) is 1.06. The van der Waals surface area contributed by atoms with Gasteiger partial charge in [0.25, 0.3) is 0 Å². The lowest BCUT2D eigenvalue weighted by molar-refractivity contribution is -0.414. The summed E-state index contributed by atoms with van der Waals surface area (Å²) in [6.07, 6.45) is 2.95. The average molecular weight is 168 g/mol. The van der Waals surface area contributed by atoms with Gasteiger partial charge in [0.2, 0.25) is 0 Å². The minimum absolute atomic E-state index is 0.0544. The van der Waals surface area contributed by atoms with Gasteiger partial charge in [-0.05, 0) is 25.7 Å². The first-order valence-corrected chi connectivity index (χ1v) is 4.85. The molecule has 4 saturated heterocycles. The summed E-state index contributed by atoms with van der Waals surface area (Å²) in [5.41, 5.74) is 0.578. The van der Waals surface area contributed by atoms with Crippen molar-refractivity contribution in [3.05, 3.63) is 0 Å². The number of hydrogen-bond donors (Lipinski definition) is 0. The zero-order valence-corrected chi connectivity index (χ0v) is 7.96. The van der Waals surface area contributed by atoms with Gasteiger partial charge < -0.3 is 9.47 Å². The molecule has 4 aliphatic heterocycles. The van der Waals surface area contributed by atoms with Crippen molar-refractivity contribution in [3.63, 3.8) is 0 Å². The number of ether oxygens (including phenoxy) is 2. The van der Waals surface area contributed by atoms with Crippen molar-refractivity contribution >= 4 is 0 Å². The van der Waals surface area contributed by atoms with Gasteiger partial charge in [0.15, 0.2) is 6.29 Å². The quantitative estimate of drug-likeness (QED) is 0.550. The summed E-state index contributed by atoms with van der Waals surface area (Å²) >= 11 is 0. The molecule has 12 heavy (non-hydrogen) atoms. The fraction of sp³-hybridized carbons (Fsp3) is 1.00. The van der Waals surface area contributed by atoms with Crippen LogP contribution in [0.2, 0.25) is 0 Å². The molecule has 0 amide bonds. The third kappa shape index (κ3) is 0.647. The molecule has 0 aromatic heterocycles. The van der Waals surface area contributed by atoms with Crippen molar-refractivity contribution < 1.29 is 9.47 Å². The maximum absolute atomic E-state index is 5.82. The van der Waals surface area contributed by atoms with E-state index in [1.54, 1.807) is 0 Å². The zero-order chi connectivity index (χ0) is 8.56. The highest BCUT2D eigenvalue weighted by Crippen LogP contribution is 2.64. The number of fused-ring (bicyclic) bond motifs is 1. The first-order valence-electron chi connectivity index (χ1n) is 4.85. The van der Waals surface area contributed by atoms with Crippen molar-refractivity contribution in [3.8, 4) is 0 Å². The van der Waals surface area contributed by atoms with Gasteiger partial charge in [0.1, 0.15) is 0 Å². The SMILES string of the molecule is CC1(C)O[C@@H]2C[C@@]3(C)C[C@@H](O2)C13. The van der Waals surface area contributed by atoms with Crippen molar-refractivity contribution in [2.24, 2.45) is 11.3 Å². The van der Waals surface area contributed by atoms with E-state index < -0.39 is 0 Å². The third-order valence-corrected chi connectivity index (χ3v) is 3.93. The molecule has 4 bridgehead atoms. The minimum Gasteiger partial charge on any atom is -0.349 e. The average Bonchev–Trinajstić information content (AvgIpc) is 1.78. The lowest BCUT2D eigenvalue weighted by atomic mass is 9.50. The van der Waals surface area contributed by atoms with Crippen molar-refractivity contribution in [1.82, 2.24) is 0 Å². The molecule has 68 valence electrons. The van der Waals surface area contributed by atoms with Crippen LogP contribution in [0.15, 0.2) is 0 Å². The summed E-state index contributed by atoms with van der Waals surface area (Å²) in [5, 5.41) is 0. The summed E-state index contributed by atoms with van der Waals surface area (Å²) < 4.78 is 11.5. The molecule has 5 fully saturated rings. The Labute approximate surface area is 73.2 Å². The molecule has 1 saturated carbocycles. The smallest absolute Gasteiger partial charge is 0.159 e. The minimum atomic E-state index is 0.0544. The molecule has 5 aliphatic rings. The molecule has 2 heteroatoms. The molecule has 1 aliphatic carbocycles. The Bertz CT molecular complexity index is 220. The van der Waals surface area contributed by atoms with Gasteiger partial charge in [-0.3, -0.25) is 0 Å². The van der Waals surface area contributed by atoms with E-state index in [0.29, 0.717) is 17.4 Å². The molecular formula is C10H16O2. The molecule has 0 aromatic carbocycles. The van der Waals surface area contributed by atoms with Gasteiger partial charge in [0, 0.05) is 12.3 Å². The van der Waals surface area contributed by atoms with Gasteiger partial charge in [-0.1, -0.05) is 6.92 Å². The van der Waals surface area contributed by atoms with Crippen LogP contribution in [-0.2, 0) is 9.47 Å². The van der Waals surface area contributed by atoms with E-state index >= 15 is 0 Å². The molecule has 2 nitrogen and oxygen atoms in total. The number of rotatable bonds is 0. The molecule has 5 rings (SSSR count). The zero-order valence-electron chi connectivity index (χ0n) is 7.96. The van der Waals surface area contributed by atoms with Crippen LogP contribution in [-0.4, -0.2) is 18.0 Å². The van der Waals surface area contributed by atoms with E-state index in [-0.39, 0.29) is 11.9 Å². The lowest BCUT2D eigenvalue weighted by Gasteiger charge is -2.68. The second-order valence-electron chi connectivity index (χ2n) is 5.37. The van der Waals surface area contributed by atoms with Crippen LogP contribution in [0.3, 0.4) is 0 Å². The van der Waals surface area contributed by atoms with Crippen LogP contribution in [0.25, 0.3) is 0 Å². The topological polar surface area (TPSA) is 18.5 Å². The summed E-state index contributed by atoms with van der Waals surface area (Å²) in [5.74, 6) is 0.634. The van der Waals surface area contributed by atoms with E-state index in [9.17, 15) is 0 Å². The molecule has 0 radical (unpaired) electrons. The summed E-state index contributed by atoms with van der Waals surface area (Å²) in [7, 11) is 0. The predicted octanol–water partition coefficient (Wildman–Crippen LogP) is 1.94. The van der Waals surface area contributed by atoms with Crippen molar-refractivity contribution in [1.29, 1.82) is 0 Å². The van der Waals surface area contributed by atoms with Crippen LogP contribution in [0.1, 0.15) is 33.6 Å². The van der Waals surface area contributed by atoms with Crippen LogP contribution < -0.4 is 0 Å². The molecule has 0 spiro atoms. The maximum atomic E-state index is 5.82. The maximum Gasteiger partial charge on any atom is 0.159 e. The van der Waals surface area contributed by atoms with E-state index in [4.69, 9.17) is 9.47 Å². The molecule has 0 aromatic rings. The van der Waals surface area contributed by atoms with Crippen LogP contribution in [0.5, 0.6) is 0 Å². The largest absolute Gasteiger partial charge is 0.349 e. The van der Waals surface area contributed by atoms with Crippen LogP contribution in [0, 0.1) is 11.3 Å². The molecule has 0 N–H and O–H groups in total. The Hall–Kier alpha value is -0.0800. The highest BCUT2D eigenvalue weighted by Gasteiger charge is 2.66.